The van der Waals surface area contributed by atoms with Gasteiger partial charge >= 0.3 is 18.1 Å². The van der Waals surface area contributed by atoms with Crippen molar-refractivity contribution in [2.45, 2.75) is 32.4 Å². The minimum atomic E-state index is -5.08. The molecule has 8 nitrogen and oxygen atoms in total. The number of carboxylic acid groups (broad SMARTS) is 2. The molecule has 0 spiro atoms. The zero-order chi connectivity index (χ0) is 23.3. The van der Waals surface area contributed by atoms with E-state index < -0.39 is 18.1 Å². The lowest BCUT2D eigenvalue weighted by molar-refractivity contribution is -0.192. The predicted octanol–water partition coefficient (Wildman–Crippen LogP) is 3.64. The van der Waals surface area contributed by atoms with E-state index in [4.69, 9.17) is 19.7 Å². The summed E-state index contributed by atoms with van der Waals surface area (Å²) in [7, 11) is 0. The SMILES string of the molecule is CC(CC(=O)O)Cc1ccc(OCCCNc2ccccn2)nc1.O=C(O)C(F)(F)F. The summed E-state index contributed by atoms with van der Waals surface area (Å²) in [6.07, 6.45) is 0.131. The monoisotopic (exact) mass is 443 g/mol. The molecule has 0 aliphatic heterocycles. The Hall–Kier alpha value is -3.37. The van der Waals surface area contributed by atoms with Gasteiger partial charge in [0.25, 0.3) is 0 Å². The third-order valence-corrected chi connectivity index (χ3v) is 3.69. The summed E-state index contributed by atoms with van der Waals surface area (Å²) in [6.45, 7) is 3.27. The van der Waals surface area contributed by atoms with E-state index in [1.807, 2.05) is 37.3 Å². The minimum absolute atomic E-state index is 0.0914. The van der Waals surface area contributed by atoms with Crippen LogP contribution in [0.25, 0.3) is 0 Å². The lowest BCUT2D eigenvalue weighted by Gasteiger charge is -2.10. The van der Waals surface area contributed by atoms with E-state index in [1.165, 1.54) is 0 Å². The van der Waals surface area contributed by atoms with Crippen LogP contribution in [0.1, 0.15) is 25.3 Å². The number of alkyl halides is 3. The molecule has 0 aliphatic carbocycles. The first-order valence-electron chi connectivity index (χ1n) is 9.32. The van der Waals surface area contributed by atoms with E-state index in [9.17, 15) is 18.0 Å². The fourth-order valence-corrected chi connectivity index (χ4v) is 2.32. The summed E-state index contributed by atoms with van der Waals surface area (Å²) in [4.78, 5) is 28.0. The highest BCUT2D eigenvalue weighted by atomic mass is 19.4. The van der Waals surface area contributed by atoms with Gasteiger partial charge in [0.2, 0.25) is 5.88 Å². The largest absolute Gasteiger partial charge is 0.490 e. The van der Waals surface area contributed by atoms with Crippen molar-refractivity contribution >= 4 is 17.8 Å². The van der Waals surface area contributed by atoms with E-state index >= 15 is 0 Å². The molecule has 1 unspecified atom stereocenters. The smallest absolute Gasteiger partial charge is 0.481 e. The molecule has 0 aromatic carbocycles. The van der Waals surface area contributed by atoms with E-state index in [-0.39, 0.29) is 12.3 Å². The third kappa shape index (κ3) is 12.0. The van der Waals surface area contributed by atoms with Crippen LogP contribution in [0.2, 0.25) is 0 Å². The predicted molar refractivity (Wildman–Crippen MR) is 106 cm³/mol. The number of aromatic nitrogens is 2. The van der Waals surface area contributed by atoms with Crippen LogP contribution in [0.5, 0.6) is 5.88 Å². The van der Waals surface area contributed by atoms with Crippen molar-refractivity contribution in [2.75, 3.05) is 18.5 Å². The van der Waals surface area contributed by atoms with Crippen molar-refractivity contribution in [3.05, 3.63) is 48.3 Å². The molecule has 0 radical (unpaired) electrons. The van der Waals surface area contributed by atoms with Crippen LogP contribution in [-0.2, 0) is 16.0 Å². The lowest BCUT2D eigenvalue weighted by Crippen LogP contribution is -2.21. The van der Waals surface area contributed by atoms with Crippen LogP contribution in [0, 0.1) is 5.92 Å². The Kier molecular flexibility index (Phi) is 10.8. The molecular weight excluding hydrogens is 419 g/mol. The molecule has 0 amide bonds. The van der Waals surface area contributed by atoms with E-state index in [0.29, 0.717) is 18.9 Å². The highest BCUT2D eigenvalue weighted by Crippen LogP contribution is 2.14. The van der Waals surface area contributed by atoms with E-state index in [1.54, 1.807) is 12.4 Å². The van der Waals surface area contributed by atoms with Crippen LogP contribution in [0.15, 0.2) is 42.7 Å². The number of hydrogen-bond acceptors (Lipinski definition) is 6. The van der Waals surface area contributed by atoms with E-state index in [0.717, 1.165) is 24.3 Å². The van der Waals surface area contributed by atoms with Crippen molar-refractivity contribution in [3.63, 3.8) is 0 Å². The Morgan fingerprint density at radius 1 is 1.16 bits per heavy atom. The highest BCUT2D eigenvalue weighted by Gasteiger charge is 2.38. The van der Waals surface area contributed by atoms with Gasteiger partial charge < -0.3 is 20.3 Å². The molecule has 11 heteroatoms. The molecule has 31 heavy (non-hydrogen) atoms. The van der Waals surface area contributed by atoms with Gasteiger partial charge in [-0.2, -0.15) is 13.2 Å². The molecule has 0 saturated carbocycles. The summed E-state index contributed by atoms with van der Waals surface area (Å²) in [5, 5.41) is 19.1. The number of ether oxygens (including phenoxy) is 1. The Labute approximate surface area is 177 Å². The zero-order valence-corrected chi connectivity index (χ0v) is 16.8. The Bertz CT molecular complexity index is 802. The molecule has 2 aromatic rings. The van der Waals surface area contributed by atoms with Gasteiger partial charge in [0, 0.05) is 31.4 Å². The van der Waals surface area contributed by atoms with Gasteiger partial charge in [-0.15, -0.1) is 0 Å². The first-order chi connectivity index (χ1) is 14.6. The highest BCUT2D eigenvalue weighted by molar-refractivity contribution is 5.73. The number of nitrogens with zero attached hydrogens (tertiary/aromatic N) is 2. The number of carbonyl (C=O) groups is 2. The Morgan fingerprint density at radius 2 is 1.87 bits per heavy atom. The van der Waals surface area contributed by atoms with Crippen LogP contribution in [-0.4, -0.2) is 51.4 Å². The summed E-state index contributed by atoms with van der Waals surface area (Å²) in [6, 6.07) is 9.51. The fraction of sp³-hybridized carbons (Fsp3) is 0.400. The number of rotatable bonds is 10. The third-order valence-electron chi connectivity index (χ3n) is 3.69. The Morgan fingerprint density at radius 3 is 2.39 bits per heavy atom. The molecule has 2 rings (SSSR count). The Balaban J connectivity index is 0.000000592. The van der Waals surface area contributed by atoms with E-state index in [2.05, 4.69) is 15.3 Å². The maximum absolute atomic E-state index is 10.7. The molecule has 3 N–H and O–H groups in total. The zero-order valence-electron chi connectivity index (χ0n) is 16.8. The first-order valence-corrected chi connectivity index (χ1v) is 9.32. The molecule has 0 aliphatic rings. The van der Waals surface area contributed by atoms with Crippen LogP contribution in [0.4, 0.5) is 19.0 Å². The molecule has 0 saturated heterocycles. The number of pyridine rings is 2. The van der Waals surface area contributed by atoms with Gasteiger partial charge in [0.15, 0.2) is 0 Å². The van der Waals surface area contributed by atoms with Gasteiger partial charge in [-0.05, 0) is 36.5 Å². The number of aliphatic carboxylic acids is 2. The summed E-state index contributed by atoms with van der Waals surface area (Å²) in [5.41, 5.74) is 1.02. The second kappa shape index (κ2) is 13.0. The number of halogens is 3. The summed E-state index contributed by atoms with van der Waals surface area (Å²) >= 11 is 0. The van der Waals surface area contributed by atoms with Crippen molar-refractivity contribution in [3.8, 4) is 5.88 Å². The van der Waals surface area contributed by atoms with Crippen LogP contribution < -0.4 is 10.1 Å². The second-order valence-electron chi connectivity index (χ2n) is 6.56. The molecule has 170 valence electrons. The number of nitrogens with one attached hydrogen (secondary N) is 1. The molecule has 2 heterocycles. The van der Waals surface area contributed by atoms with Crippen molar-refractivity contribution < 1.29 is 37.7 Å². The van der Waals surface area contributed by atoms with Gasteiger partial charge in [-0.3, -0.25) is 4.79 Å². The van der Waals surface area contributed by atoms with Gasteiger partial charge in [0.1, 0.15) is 5.82 Å². The van der Waals surface area contributed by atoms with Gasteiger partial charge in [0.05, 0.1) is 6.61 Å². The molecule has 0 bridgehead atoms. The maximum Gasteiger partial charge on any atom is 0.490 e. The molecule has 0 fully saturated rings. The second-order valence-corrected chi connectivity index (χ2v) is 6.56. The molecular formula is C20H24F3N3O5. The lowest BCUT2D eigenvalue weighted by atomic mass is 9.99. The maximum atomic E-state index is 10.7. The topological polar surface area (TPSA) is 122 Å². The summed E-state index contributed by atoms with van der Waals surface area (Å²) < 4.78 is 37.3. The standard InChI is InChI=1S/C18H23N3O3.C2HF3O2/c1-14(12-18(22)23)11-15-6-7-17(21-13-15)24-10-4-9-20-16-5-2-3-8-19-16;3-2(4,5)1(6)7/h2-3,5-8,13-14H,4,9-12H2,1H3,(H,19,20)(H,22,23);(H,6,7). The quantitative estimate of drug-likeness (QED) is 0.476. The van der Waals surface area contributed by atoms with Crippen molar-refractivity contribution in [2.24, 2.45) is 5.92 Å². The molecule has 1 atom stereocenters. The normalized spacial score (nSPS) is 11.6. The van der Waals surface area contributed by atoms with Crippen LogP contribution >= 0.6 is 0 Å². The van der Waals surface area contributed by atoms with Gasteiger partial charge in [-0.1, -0.05) is 19.1 Å². The molecule has 2 aromatic heterocycles. The summed E-state index contributed by atoms with van der Waals surface area (Å²) in [5.74, 6) is -1.99. The van der Waals surface area contributed by atoms with Gasteiger partial charge in [-0.25, -0.2) is 14.8 Å². The number of carboxylic acids is 2. The van der Waals surface area contributed by atoms with Crippen LogP contribution in [0.3, 0.4) is 0 Å². The fourth-order valence-electron chi connectivity index (χ4n) is 2.32. The first kappa shape index (κ1) is 25.7. The number of anilines is 1. The van der Waals surface area contributed by atoms with Crippen molar-refractivity contribution in [1.29, 1.82) is 0 Å². The average Bonchev–Trinajstić information content (AvgIpc) is 2.69. The average molecular weight is 443 g/mol. The minimum Gasteiger partial charge on any atom is -0.481 e. The van der Waals surface area contributed by atoms with Crippen molar-refractivity contribution in [1.82, 2.24) is 9.97 Å². The number of hydrogen-bond donors (Lipinski definition) is 3.